The zero-order chi connectivity index (χ0) is 18.4. The van der Waals surface area contributed by atoms with Crippen LogP contribution in [0, 0.1) is 0 Å². The van der Waals surface area contributed by atoms with Gasteiger partial charge in [0.2, 0.25) is 0 Å². The molecule has 0 fully saturated rings. The van der Waals surface area contributed by atoms with Crippen LogP contribution in [0.3, 0.4) is 0 Å². The molecular weight excluding hydrogens is 348 g/mol. The van der Waals surface area contributed by atoms with E-state index in [1.54, 1.807) is 18.4 Å². The predicted molar refractivity (Wildman–Crippen MR) is 107 cm³/mol. The Morgan fingerprint density at radius 1 is 1.31 bits per heavy atom. The van der Waals surface area contributed by atoms with E-state index in [1.807, 2.05) is 37.3 Å². The molecule has 138 valence electrons. The molecule has 0 saturated heterocycles. The Morgan fingerprint density at radius 2 is 2.15 bits per heavy atom. The molecule has 6 nitrogen and oxygen atoms in total. The van der Waals surface area contributed by atoms with Gasteiger partial charge in [-0.1, -0.05) is 12.1 Å². The second kappa shape index (κ2) is 8.82. The van der Waals surface area contributed by atoms with Crippen LogP contribution in [0.2, 0.25) is 0 Å². The number of nitrogens with zero attached hydrogens (tertiary/aromatic N) is 2. The summed E-state index contributed by atoms with van der Waals surface area (Å²) in [5.41, 5.74) is 0.995. The number of guanidine groups is 1. The van der Waals surface area contributed by atoms with Crippen molar-refractivity contribution in [1.29, 1.82) is 0 Å². The van der Waals surface area contributed by atoms with Gasteiger partial charge >= 0.3 is 0 Å². The summed E-state index contributed by atoms with van der Waals surface area (Å²) in [7, 11) is 1.69. The molecule has 1 atom stereocenters. The summed E-state index contributed by atoms with van der Waals surface area (Å²) >= 11 is 1.63. The molecule has 0 aliphatic carbocycles. The van der Waals surface area contributed by atoms with Gasteiger partial charge in [-0.15, -0.1) is 11.3 Å². The number of thiazole rings is 1. The van der Waals surface area contributed by atoms with E-state index in [-0.39, 0.29) is 6.04 Å². The average Bonchev–Trinajstić information content (AvgIpc) is 3.26. The Hall–Kier alpha value is -2.38. The number of aromatic nitrogens is 1. The fraction of sp³-hybridized carbons (Fsp3) is 0.368. The normalized spacial score (nSPS) is 13.1. The second-order valence-corrected chi connectivity index (χ2v) is 6.98. The SMILES string of the molecule is CCNC(=NCc1ccc(-c2nc3ccccc3s2)o1)NC(C)COC. The highest BCUT2D eigenvalue weighted by atomic mass is 32.1. The van der Waals surface area contributed by atoms with Gasteiger partial charge < -0.3 is 19.8 Å². The van der Waals surface area contributed by atoms with Crippen LogP contribution in [0.5, 0.6) is 0 Å². The van der Waals surface area contributed by atoms with Crippen molar-refractivity contribution in [3.05, 3.63) is 42.2 Å². The molecule has 0 bridgehead atoms. The number of hydrogen-bond donors (Lipinski definition) is 2. The minimum absolute atomic E-state index is 0.174. The average molecular weight is 372 g/mol. The van der Waals surface area contributed by atoms with E-state index >= 15 is 0 Å². The van der Waals surface area contributed by atoms with Gasteiger partial charge in [0.05, 0.1) is 16.8 Å². The van der Waals surface area contributed by atoms with E-state index in [2.05, 4.69) is 33.6 Å². The van der Waals surface area contributed by atoms with Crippen molar-refractivity contribution in [3.63, 3.8) is 0 Å². The van der Waals surface area contributed by atoms with E-state index in [4.69, 9.17) is 9.15 Å². The molecule has 0 aliphatic rings. The minimum Gasteiger partial charge on any atom is -0.457 e. The molecule has 0 saturated carbocycles. The molecule has 2 heterocycles. The third-order valence-electron chi connectivity index (χ3n) is 3.70. The van der Waals surface area contributed by atoms with Crippen molar-refractivity contribution in [2.45, 2.75) is 26.4 Å². The van der Waals surface area contributed by atoms with E-state index in [1.165, 1.54) is 0 Å². The molecule has 3 aromatic rings. The maximum atomic E-state index is 5.94. The Kier molecular flexibility index (Phi) is 6.25. The lowest BCUT2D eigenvalue weighted by Gasteiger charge is -2.16. The lowest BCUT2D eigenvalue weighted by molar-refractivity contribution is 0.179. The molecule has 2 N–H and O–H groups in total. The maximum Gasteiger partial charge on any atom is 0.191 e. The van der Waals surface area contributed by atoms with Gasteiger partial charge in [0.15, 0.2) is 16.7 Å². The third kappa shape index (κ3) is 4.62. The van der Waals surface area contributed by atoms with Crippen LogP contribution in [-0.2, 0) is 11.3 Å². The Labute approximate surface area is 157 Å². The number of ether oxygens (including phenoxy) is 1. The quantitative estimate of drug-likeness (QED) is 0.489. The number of methoxy groups -OCH3 is 1. The van der Waals surface area contributed by atoms with Gasteiger partial charge in [0.1, 0.15) is 12.3 Å². The Balaban J connectivity index is 1.70. The van der Waals surface area contributed by atoms with Gasteiger partial charge in [-0.05, 0) is 38.1 Å². The Morgan fingerprint density at radius 3 is 2.92 bits per heavy atom. The van der Waals surface area contributed by atoms with Crippen molar-refractivity contribution in [2.75, 3.05) is 20.3 Å². The minimum atomic E-state index is 0.174. The summed E-state index contributed by atoms with van der Waals surface area (Å²) in [5.74, 6) is 2.33. The predicted octanol–water partition coefficient (Wildman–Crippen LogP) is 3.65. The molecular formula is C19H24N4O2S. The van der Waals surface area contributed by atoms with Crippen LogP contribution in [0.4, 0.5) is 0 Å². The number of benzene rings is 1. The highest BCUT2D eigenvalue weighted by molar-refractivity contribution is 7.21. The molecule has 0 aliphatic heterocycles. The molecule has 26 heavy (non-hydrogen) atoms. The smallest absolute Gasteiger partial charge is 0.191 e. The Bertz CT molecular complexity index is 838. The van der Waals surface area contributed by atoms with Crippen LogP contribution >= 0.6 is 11.3 Å². The van der Waals surface area contributed by atoms with E-state index in [0.717, 1.165) is 39.2 Å². The van der Waals surface area contributed by atoms with Gasteiger partial charge in [0, 0.05) is 19.7 Å². The monoisotopic (exact) mass is 372 g/mol. The molecule has 0 spiro atoms. The topological polar surface area (TPSA) is 71.7 Å². The van der Waals surface area contributed by atoms with Crippen LogP contribution < -0.4 is 10.6 Å². The summed E-state index contributed by atoms with van der Waals surface area (Å²) in [4.78, 5) is 9.21. The van der Waals surface area contributed by atoms with Gasteiger partial charge in [-0.2, -0.15) is 0 Å². The lowest BCUT2D eigenvalue weighted by Crippen LogP contribution is -2.43. The van der Waals surface area contributed by atoms with Crippen molar-refractivity contribution in [2.24, 2.45) is 4.99 Å². The molecule has 3 rings (SSSR count). The molecule has 1 unspecified atom stereocenters. The maximum absolute atomic E-state index is 5.94. The zero-order valence-corrected chi connectivity index (χ0v) is 16.1. The van der Waals surface area contributed by atoms with E-state index < -0.39 is 0 Å². The number of fused-ring (bicyclic) bond motifs is 1. The third-order valence-corrected chi connectivity index (χ3v) is 4.75. The number of nitrogens with one attached hydrogen (secondary N) is 2. The van der Waals surface area contributed by atoms with Crippen molar-refractivity contribution >= 4 is 27.5 Å². The van der Waals surface area contributed by atoms with E-state index in [0.29, 0.717) is 13.2 Å². The van der Waals surface area contributed by atoms with Crippen LogP contribution in [0.15, 0.2) is 45.8 Å². The molecule has 1 aromatic carbocycles. The summed E-state index contributed by atoms with van der Waals surface area (Å²) < 4.78 is 12.3. The highest BCUT2D eigenvalue weighted by Crippen LogP contribution is 2.31. The first-order valence-electron chi connectivity index (χ1n) is 8.68. The molecule has 7 heteroatoms. The second-order valence-electron chi connectivity index (χ2n) is 5.95. The summed E-state index contributed by atoms with van der Waals surface area (Å²) in [6, 6.07) is 12.2. The standard InChI is InChI=1S/C19H24N4O2S/c1-4-20-19(22-13(2)12-24-3)21-11-14-9-10-16(25-14)18-23-15-7-5-6-8-17(15)26-18/h5-10,13H,4,11-12H2,1-3H3,(H2,20,21,22). The van der Waals surface area contributed by atoms with Crippen LogP contribution in [-0.4, -0.2) is 37.2 Å². The largest absolute Gasteiger partial charge is 0.457 e. The summed E-state index contributed by atoms with van der Waals surface area (Å²) in [6.45, 7) is 5.96. The molecule has 0 amide bonds. The van der Waals surface area contributed by atoms with Crippen LogP contribution in [0.25, 0.3) is 21.0 Å². The van der Waals surface area contributed by atoms with Crippen molar-refractivity contribution < 1.29 is 9.15 Å². The number of aliphatic imine (C=N–C) groups is 1. The highest BCUT2D eigenvalue weighted by Gasteiger charge is 2.11. The van der Waals surface area contributed by atoms with Gasteiger partial charge in [0.25, 0.3) is 0 Å². The summed E-state index contributed by atoms with van der Waals surface area (Å²) in [6.07, 6.45) is 0. The van der Waals surface area contributed by atoms with Crippen LogP contribution in [0.1, 0.15) is 19.6 Å². The van der Waals surface area contributed by atoms with E-state index in [9.17, 15) is 0 Å². The van der Waals surface area contributed by atoms with Crippen molar-refractivity contribution in [3.8, 4) is 10.8 Å². The fourth-order valence-electron chi connectivity index (χ4n) is 2.56. The summed E-state index contributed by atoms with van der Waals surface area (Å²) in [5, 5.41) is 7.43. The number of furan rings is 1. The first kappa shape index (κ1) is 18.4. The molecule has 2 aromatic heterocycles. The van der Waals surface area contributed by atoms with Gasteiger partial charge in [-0.3, -0.25) is 0 Å². The van der Waals surface area contributed by atoms with Gasteiger partial charge in [-0.25, -0.2) is 9.98 Å². The van der Waals surface area contributed by atoms with Crippen molar-refractivity contribution in [1.82, 2.24) is 15.6 Å². The fourth-order valence-corrected chi connectivity index (χ4v) is 3.48. The first-order valence-corrected chi connectivity index (χ1v) is 9.49. The lowest BCUT2D eigenvalue weighted by atomic mass is 10.3. The number of rotatable bonds is 7. The number of para-hydroxylation sites is 1. The number of hydrogen-bond acceptors (Lipinski definition) is 5. The first-order chi connectivity index (χ1) is 12.7. The molecule has 0 radical (unpaired) electrons. The zero-order valence-electron chi connectivity index (χ0n) is 15.3.